The lowest BCUT2D eigenvalue weighted by Crippen LogP contribution is -2.24. The van der Waals surface area contributed by atoms with E-state index in [2.05, 4.69) is 5.32 Å². The zero-order valence-electron chi connectivity index (χ0n) is 9.13. The Labute approximate surface area is 93.6 Å². The molecule has 1 atom stereocenters. The molecule has 0 saturated carbocycles. The Bertz CT molecular complexity index is 406. The fourth-order valence-electron chi connectivity index (χ4n) is 2.00. The van der Waals surface area contributed by atoms with Crippen molar-refractivity contribution < 1.29 is 13.9 Å². The summed E-state index contributed by atoms with van der Waals surface area (Å²) in [4.78, 5) is 11.3. The van der Waals surface area contributed by atoms with E-state index in [9.17, 15) is 9.18 Å². The van der Waals surface area contributed by atoms with Crippen LogP contribution in [0.15, 0.2) is 18.2 Å². The molecule has 3 nitrogen and oxygen atoms in total. The third kappa shape index (κ3) is 2.01. The normalized spacial score (nSPS) is 18.5. The predicted octanol–water partition coefficient (Wildman–Crippen LogP) is 1.83. The van der Waals surface area contributed by atoms with Crippen LogP contribution < -0.4 is 10.1 Å². The van der Waals surface area contributed by atoms with Gasteiger partial charge >= 0.3 is 0 Å². The lowest BCUT2D eigenvalue weighted by Gasteiger charge is -2.25. The summed E-state index contributed by atoms with van der Waals surface area (Å²) in [5.74, 6) is -0.0109. The van der Waals surface area contributed by atoms with E-state index in [1.165, 1.54) is 6.07 Å². The van der Waals surface area contributed by atoms with Crippen molar-refractivity contribution in [1.29, 1.82) is 0 Å². The van der Waals surface area contributed by atoms with Gasteiger partial charge in [0.2, 0.25) is 5.91 Å². The molecule has 0 aliphatic carbocycles. The fraction of sp³-hybridized carbons (Fsp3) is 0.417. The zero-order chi connectivity index (χ0) is 11.5. The summed E-state index contributed by atoms with van der Waals surface area (Å²) in [6, 6.07) is 4.85. The van der Waals surface area contributed by atoms with Crippen molar-refractivity contribution in [2.24, 2.45) is 0 Å². The highest BCUT2D eigenvalue weighted by Crippen LogP contribution is 2.37. The Balaban J connectivity index is 2.26. The molecule has 0 spiro atoms. The first-order chi connectivity index (χ1) is 7.72. The number of benzene rings is 1. The van der Waals surface area contributed by atoms with E-state index < -0.39 is 0 Å². The highest BCUT2D eigenvalue weighted by molar-refractivity contribution is 5.76. The van der Waals surface area contributed by atoms with Crippen LogP contribution in [0.1, 0.15) is 24.3 Å². The van der Waals surface area contributed by atoms with Gasteiger partial charge in [0, 0.05) is 19.0 Å². The summed E-state index contributed by atoms with van der Waals surface area (Å²) in [7, 11) is 1.61. The number of nitrogens with one attached hydrogen (secondary N) is 1. The molecule has 1 aliphatic heterocycles. The standard InChI is InChI=1S/C12H14FNO2/c1-14-11(15)7-8-5-6-16-12-9(8)3-2-4-10(12)13/h2-4,8H,5-7H2,1H3,(H,14,15). The van der Waals surface area contributed by atoms with Gasteiger partial charge in [-0.15, -0.1) is 0 Å². The van der Waals surface area contributed by atoms with Crippen LogP contribution in [0.4, 0.5) is 4.39 Å². The molecule has 0 bridgehead atoms. The van der Waals surface area contributed by atoms with Gasteiger partial charge in [0.05, 0.1) is 6.61 Å². The van der Waals surface area contributed by atoms with E-state index in [-0.39, 0.29) is 17.6 Å². The number of fused-ring (bicyclic) bond motifs is 1. The highest BCUT2D eigenvalue weighted by Gasteiger charge is 2.25. The summed E-state index contributed by atoms with van der Waals surface area (Å²) in [6.45, 7) is 0.468. The number of hydrogen-bond acceptors (Lipinski definition) is 2. The Hall–Kier alpha value is -1.58. The number of rotatable bonds is 2. The second kappa shape index (κ2) is 4.51. The van der Waals surface area contributed by atoms with E-state index in [0.717, 1.165) is 12.0 Å². The molecule has 16 heavy (non-hydrogen) atoms. The number of carbonyl (C=O) groups is 1. The Morgan fingerprint density at radius 3 is 3.19 bits per heavy atom. The first-order valence-corrected chi connectivity index (χ1v) is 5.34. The van der Waals surface area contributed by atoms with Crippen LogP contribution in [0.25, 0.3) is 0 Å². The summed E-state index contributed by atoms with van der Waals surface area (Å²) < 4.78 is 18.7. The molecule has 0 radical (unpaired) electrons. The minimum atomic E-state index is -0.348. The van der Waals surface area contributed by atoms with Crippen LogP contribution >= 0.6 is 0 Å². The van der Waals surface area contributed by atoms with Gasteiger partial charge in [-0.25, -0.2) is 4.39 Å². The molecule has 0 fully saturated rings. The molecule has 1 heterocycles. The molecular weight excluding hydrogens is 209 g/mol. The van der Waals surface area contributed by atoms with E-state index >= 15 is 0 Å². The monoisotopic (exact) mass is 223 g/mol. The average Bonchev–Trinajstić information content (AvgIpc) is 2.30. The maximum atomic E-state index is 13.4. The largest absolute Gasteiger partial charge is 0.490 e. The number of halogens is 1. The highest BCUT2D eigenvalue weighted by atomic mass is 19.1. The van der Waals surface area contributed by atoms with E-state index in [1.807, 2.05) is 6.07 Å². The molecule has 1 aliphatic rings. The lowest BCUT2D eigenvalue weighted by molar-refractivity contribution is -0.121. The molecule has 1 aromatic rings. The summed E-state index contributed by atoms with van der Waals surface area (Å²) in [6.07, 6.45) is 1.14. The van der Waals surface area contributed by atoms with Gasteiger partial charge in [-0.2, -0.15) is 0 Å². The average molecular weight is 223 g/mol. The molecule has 86 valence electrons. The van der Waals surface area contributed by atoms with Gasteiger partial charge in [0.15, 0.2) is 11.6 Å². The lowest BCUT2D eigenvalue weighted by atomic mass is 9.90. The molecule has 1 N–H and O–H groups in total. The van der Waals surface area contributed by atoms with Gasteiger partial charge in [0.25, 0.3) is 0 Å². The van der Waals surface area contributed by atoms with Crippen LogP contribution in [-0.4, -0.2) is 19.6 Å². The fourth-order valence-corrected chi connectivity index (χ4v) is 2.00. The van der Waals surface area contributed by atoms with Crippen LogP contribution in [0.5, 0.6) is 5.75 Å². The molecular formula is C12H14FNO2. The van der Waals surface area contributed by atoms with Crippen LogP contribution in [-0.2, 0) is 4.79 Å². The molecule has 0 aromatic heterocycles. The number of hydrogen-bond donors (Lipinski definition) is 1. The Morgan fingerprint density at radius 2 is 2.44 bits per heavy atom. The van der Waals surface area contributed by atoms with Crippen LogP contribution in [0.2, 0.25) is 0 Å². The van der Waals surface area contributed by atoms with Crippen LogP contribution in [0.3, 0.4) is 0 Å². The van der Waals surface area contributed by atoms with Gasteiger partial charge < -0.3 is 10.1 Å². The van der Waals surface area contributed by atoms with Gasteiger partial charge in [0.1, 0.15) is 0 Å². The van der Waals surface area contributed by atoms with Crippen molar-refractivity contribution in [1.82, 2.24) is 5.32 Å². The van der Waals surface area contributed by atoms with Gasteiger partial charge in [-0.1, -0.05) is 12.1 Å². The molecule has 4 heteroatoms. The molecule has 1 unspecified atom stereocenters. The maximum Gasteiger partial charge on any atom is 0.220 e. The quantitative estimate of drug-likeness (QED) is 0.830. The SMILES string of the molecule is CNC(=O)CC1CCOc2c(F)cccc21. The summed E-state index contributed by atoms with van der Waals surface area (Å²) in [5.41, 5.74) is 0.801. The van der Waals surface area contributed by atoms with Crippen molar-refractivity contribution in [3.8, 4) is 5.75 Å². The molecule has 0 saturated heterocycles. The second-order valence-corrected chi connectivity index (χ2v) is 3.87. The van der Waals surface area contributed by atoms with Crippen molar-refractivity contribution in [2.75, 3.05) is 13.7 Å². The van der Waals surface area contributed by atoms with E-state index in [0.29, 0.717) is 18.8 Å². The first-order valence-electron chi connectivity index (χ1n) is 5.34. The van der Waals surface area contributed by atoms with Crippen molar-refractivity contribution in [3.63, 3.8) is 0 Å². The number of carbonyl (C=O) groups excluding carboxylic acids is 1. The van der Waals surface area contributed by atoms with Crippen molar-refractivity contribution in [2.45, 2.75) is 18.8 Å². The van der Waals surface area contributed by atoms with E-state index in [4.69, 9.17) is 4.74 Å². The second-order valence-electron chi connectivity index (χ2n) is 3.87. The zero-order valence-corrected chi connectivity index (χ0v) is 9.13. The Morgan fingerprint density at radius 1 is 1.62 bits per heavy atom. The van der Waals surface area contributed by atoms with Gasteiger partial charge in [-0.3, -0.25) is 4.79 Å². The number of amides is 1. The molecule has 1 amide bonds. The predicted molar refractivity (Wildman–Crippen MR) is 57.9 cm³/mol. The van der Waals surface area contributed by atoms with Crippen molar-refractivity contribution in [3.05, 3.63) is 29.6 Å². The van der Waals surface area contributed by atoms with E-state index in [1.54, 1.807) is 13.1 Å². The minimum absolute atomic E-state index is 0.0258. The topological polar surface area (TPSA) is 38.3 Å². The number of para-hydroxylation sites is 1. The van der Waals surface area contributed by atoms with Crippen molar-refractivity contribution >= 4 is 5.91 Å². The third-order valence-corrected chi connectivity index (χ3v) is 2.86. The smallest absolute Gasteiger partial charge is 0.220 e. The summed E-state index contributed by atoms with van der Waals surface area (Å²) >= 11 is 0. The first kappa shape index (κ1) is 10.9. The minimum Gasteiger partial charge on any atom is -0.490 e. The number of ether oxygens (including phenoxy) is 1. The molecule has 2 rings (SSSR count). The van der Waals surface area contributed by atoms with Crippen LogP contribution in [0, 0.1) is 5.82 Å². The Kier molecular flexibility index (Phi) is 3.08. The summed E-state index contributed by atoms with van der Waals surface area (Å²) in [5, 5.41) is 2.58. The van der Waals surface area contributed by atoms with Gasteiger partial charge in [-0.05, 0) is 18.4 Å². The maximum absolute atomic E-state index is 13.4. The molecule has 1 aromatic carbocycles. The third-order valence-electron chi connectivity index (χ3n) is 2.86.